The SMILES string of the molecule is C/C=C/C(C)(CC(C)C(C)C(C)CCC)C(C)C(C)(C)F. The van der Waals surface area contributed by atoms with Gasteiger partial charge in [0.25, 0.3) is 0 Å². The molecule has 0 aromatic heterocycles. The van der Waals surface area contributed by atoms with Gasteiger partial charge in [-0.2, -0.15) is 0 Å². The molecule has 0 nitrogen and oxygen atoms in total. The summed E-state index contributed by atoms with van der Waals surface area (Å²) in [6, 6.07) is 0. The molecule has 0 bridgehead atoms. The highest BCUT2D eigenvalue weighted by molar-refractivity contribution is 5.03. The Bertz CT molecular complexity index is 312. The lowest BCUT2D eigenvalue weighted by molar-refractivity contribution is 0.0413. The second kappa shape index (κ2) is 8.34. The van der Waals surface area contributed by atoms with Gasteiger partial charge in [0.1, 0.15) is 5.67 Å². The van der Waals surface area contributed by atoms with Crippen LogP contribution in [-0.4, -0.2) is 5.67 Å². The van der Waals surface area contributed by atoms with E-state index in [1.807, 2.05) is 6.92 Å². The summed E-state index contributed by atoms with van der Waals surface area (Å²) >= 11 is 0. The van der Waals surface area contributed by atoms with Gasteiger partial charge in [0.15, 0.2) is 0 Å². The topological polar surface area (TPSA) is 0 Å². The first-order valence-electron chi connectivity index (χ1n) is 8.82. The maximum atomic E-state index is 14.5. The summed E-state index contributed by atoms with van der Waals surface area (Å²) in [5.41, 5.74) is -1.22. The fourth-order valence-corrected chi connectivity index (χ4v) is 3.71. The lowest BCUT2D eigenvalue weighted by Gasteiger charge is -2.42. The van der Waals surface area contributed by atoms with Gasteiger partial charge in [0.2, 0.25) is 0 Å². The minimum atomic E-state index is -1.15. The Morgan fingerprint density at radius 2 is 1.52 bits per heavy atom. The molecule has 0 rings (SSSR count). The zero-order valence-electron chi connectivity index (χ0n) is 16.0. The molecule has 0 saturated heterocycles. The van der Waals surface area contributed by atoms with Crippen molar-refractivity contribution >= 4 is 0 Å². The molecule has 0 N–H and O–H groups in total. The third kappa shape index (κ3) is 6.12. The Morgan fingerprint density at radius 3 is 1.90 bits per heavy atom. The molecule has 5 unspecified atom stereocenters. The molecule has 21 heavy (non-hydrogen) atoms. The number of allylic oxidation sites excluding steroid dienone is 2. The van der Waals surface area contributed by atoms with Crippen molar-refractivity contribution in [2.75, 3.05) is 0 Å². The minimum Gasteiger partial charge on any atom is -0.244 e. The second-order valence-electron chi connectivity index (χ2n) is 8.10. The van der Waals surface area contributed by atoms with E-state index in [1.54, 1.807) is 13.8 Å². The van der Waals surface area contributed by atoms with Crippen LogP contribution in [0.1, 0.15) is 81.6 Å². The molecule has 0 radical (unpaired) electrons. The molecule has 0 aliphatic heterocycles. The van der Waals surface area contributed by atoms with Gasteiger partial charge < -0.3 is 0 Å². The first-order valence-corrected chi connectivity index (χ1v) is 8.82. The lowest BCUT2D eigenvalue weighted by atomic mass is 9.64. The van der Waals surface area contributed by atoms with Gasteiger partial charge in [0.05, 0.1) is 0 Å². The van der Waals surface area contributed by atoms with Gasteiger partial charge in [-0.25, -0.2) is 4.39 Å². The third-order valence-corrected chi connectivity index (χ3v) is 5.87. The predicted molar refractivity (Wildman–Crippen MR) is 94.3 cm³/mol. The third-order valence-electron chi connectivity index (χ3n) is 5.87. The Labute approximate surface area is 133 Å². The fourth-order valence-electron chi connectivity index (χ4n) is 3.71. The van der Waals surface area contributed by atoms with Crippen LogP contribution in [0.15, 0.2) is 12.2 Å². The molecule has 1 heteroatoms. The molecule has 5 atom stereocenters. The summed E-state index contributed by atoms with van der Waals surface area (Å²) in [4.78, 5) is 0. The van der Waals surface area contributed by atoms with E-state index < -0.39 is 5.67 Å². The number of halogens is 1. The van der Waals surface area contributed by atoms with Crippen LogP contribution in [0.3, 0.4) is 0 Å². The highest BCUT2D eigenvalue weighted by atomic mass is 19.1. The quantitative estimate of drug-likeness (QED) is 0.400. The Balaban J connectivity index is 5.08. The fraction of sp³-hybridized carbons (Fsp3) is 0.900. The van der Waals surface area contributed by atoms with Crippen LogP contribution in [0, 0.1) is 29.1 Å². The highest BCUT2D eigenvalue weighted by Gasteiger charge is 2.40. The number of hydrogen-bond acceptors (Lipinski definition) is 0. The molecule has 0 aromatic rings. The molecule has 0 fully saturated rings. The van der Waals surface area contributed by atoms with Gasteiger partial charge in [-0.1, -0.05) is 66.5 Å². The molecule has 126 valence electrons. The molecule has 0 amide bonds. The summed E-state index contributed by atoms with van der Waals surface area (Å²) in [5, 5.41) is 0. The van der Waals surface area contributed by atoms with Gasteiger partial charge in [-0.15, -0.1) is 0 Å². The van der Waals surface area contributed by atoms with E-state index in [0.29, 0.717) is 11.8 Å². The number of rotatable bonds is 9. The average molecular weight is 299 g/mol. The van der Waals surface area contributed by atoms with Gasteiger partial charge in [0, 0.05) is 0 Å². The van der Waals surface area contributed by atoms with Crippen molar-refractivity contribution in [2.24, 2.45) is 29.1 Å². The first kappa shape index (κ1) is 20.7. The van der Waals surface area contributed by atoms with E-state index in [4.69, 9.17) is 0 Å². The Hall–Kier alpha value is -0.330. The van der Waals surface area contributed by atoms with Crippen molar-refractivity contribution in [1.29, 1.82) is 0 Å². The van der Waals surface area contributed by atoms with E-state index in [2.05, 4.69) is 53.7 Å². The van der Waals surface area contributed by atoms with E-state index in [0.717, 1.165) is 12.3 Å². The van der Waals surface area contributed by atoms with Crippen LogP contribution in [0.4, 0.5) is 4.39 Å². The minimum absolute atomic E-state index is 0.0114. The van der Waals surface area contributed by atoms with Gasteiger partial charge in [-0.05, 0) is 56.3 Å². The molecule has 0 heterocycles. The zero-order valence-corrected chi connectivity index (χ0v) is 16.0. The molecule has 0 aliphatic carbocycles. The molecular weight excluding hydrogens is 259 g/mol. The van der Waals surface area contributed by atoms with Crippen LogP contribution in [-0.2, 0) is 0 Å². The smallest absolute Gasteiger partial charge is 0.108 e. The van der Waals surface area contributed by atoms with Crippen molar-refractivity contribution in [3.05, 3.63) is 12.2 Å². The van der Waals surface area contributed by atoms with Crippen molar-refractivity contribution in [3.63, 3.8) is 0 Å². The molecule has 0 aliphatic rings. The maximum Gasteiger partial charge on any atom is 0.108 e. The molecular formula is C20H39F. The summed E-state index contributed by atoms with van der Waals surface area (Å²) < 4.78 is 14.5. The summed E-state index contributed by atoms with van der Waals surface area (Å²) in [6.07, 6.45) is 7.91. The van der Waals surface area contributed by atoms with Crippen molar-refractivity contribution in [1.82, 2.24) is 0 Å². The number of alkyl halides is 1. The van der Waals surface area contributed by atoms with Crippen LogP contribution < -0.4 is 0 Å². The van der Waals surface area contributed by atoms with Gasteiger partial charge in [-0.3, -0.25) is 0 Å². The van der Waals surface area contributed by atoms with Crippen molar-refractivity contribution in [3.8, 4) is 0 Å². The lowest BCUT2D eigenvalue weighted by Crippen LogP contribution is -2.38. The highest BCUT2D eigenvalue weighted by Crippen LogP contribution is 2.45. The Morgan fingerprint density at radius 1 is 1.00 bits per heavy atom. The summed E-state index contributed by atoms with van der Waals surface area (Å²) in [7, 11) is 0. The van der Waals surface area contributed by atoms with E-state index in [9.17, 15) is 4.39 Å². The molecule has 0 aromatic carbocycles. The normalized spacial score (nSPS) is 21.8. The first-order chi connectivity index (χ1) is 9.49. The van der Waals surface area contributed by atoms with Crippen molar-refractivity contribution in [2.45, 2.75) is 87.2 Å². The molecule has 0 spiro atoms. The maximum absolute atomic E-state index is 14.5. The monoisotopic (exact) mass is 298 g/mol. The standard InChI is InChI=1S/C20H39F/c1-10-12-15(3)17(5)16(4)14-20(9,13-11-2)18(6)19(7,8)21/h11,13,15-18H,10,12,14H2,1-9H3/b13-11+. The van der Waals surface area contributed by atoms with E-state index >= 15 is 0 Å². The Kier molecular flexibility index (Phi) is 8.21. The molecule has 0 saturated carbocycles. The van der Waals surface area contributed by atoms with Crippen molar-refractivity contribution < 1.29 is 4.39 Å². The summed E-state index contributed by atoms with van der Waals surface area (Å²) in [5.74, 6) is 2.05. The largest absolute Gasteiger partial charge is 0.244 e. The summed E-state index contributed by atoms with van der Waals surface area (Å²) in [6.45, 7) is 19.1. The van der Waals surface area contributed by atoms with E-state index in [1.165, 1.54) is 12.8 Å². The van der Waals surface area contributed by atoms with E-state index in [-0.39, 0.29) is 11.3 Å². The van der Waals surface area contributed by atoms with Crippen LogP contribution in [0.5, 0.6) is 0 Å². The zero-order chi connectivity index (χ0) is 16.8. The van der Waals surface area contributed by atoms with Crippen LogP contribution in [0.2, 0.25) is 0 Å². The number of hydrogen-bond donors (Lipinski definition) is 0. The van der Waals surface area contributed by atoms with Crippen LogP contribution in [0.25, 0.3) is 0 Å². The average Bonchev–Trinajstić information content (AvgIpc) is 2.36. The second-order valence-corrected chi connectivity index (χ2v) is 8.10. The predicted octanol–water partition coefficient (Wildman–Crippen LogP) is 7.05. The van der Waals surface area contributed by atoms with Crippen LogP contribution >= 0.6 is 0 Å². The van der Waals surface area contributed by atoms with Gasteiger partial charge >= 0.3 is 0 Å².